The Labute approximate surface area is 217 Å². The van der Waals surface area contributed by atoms with E-state index in [0.717, 1.165) is 41.9 Å². The Morgan fingerprint density at radius 3 is 2.54 bits per heavy atom. The molecule has 0 radical (unpaired) electrons. The van der Waals surface area contributed by atoms with Crippen LogP contribution in [0.5, 0.6) is 5.75 Å². The third kappa shape index (κ3) is 4.81. The maximum absolute atomic E-state index is 12.4. The average molecular weight is 498 g/mol. The maximum atomic E-state index is 12.4. The summed E-state index contributed by atoms with van der Waals surface area (Å²) in [4.78, 5) is 23.0. The first-order valence-electron chi connectivity index (χ1n) is 12.5. The molecule has 7 nitrogen and oxygen atoms in total. The second kappa shape index (κ2) is 10.9. The van der Waals surface area contributed by atoms with Crippen molar-refractivity contribution in [2.75, 3.05) is 21.3 Å². The molecule has 7 heteroatoms. The van der Waals surface area contributed by atoms with Crippen molar-refractivity contribution in [2.24, 2.45) is 10.3 Å². The zero-order valence-electron chi connectivity index (χ0n) is 21.4. The van der Waals surface area contributed by atoms with Crippen molar-refractivity contribution in [1.82, 2.24) is 5.32 Å². The number of hydrogen-bond acceptors (Lipinski definition) is 6. The minimum Gasteiger partial charge on any atom is -0.496 e. The van der Waals surface area contributed by atoms with E-state index in [1.807, 2.05) is 24.3 Å². The molecule has 0 aromatic heterocycles. The lowest BCUT2D eigenvalue weighted by molar-refractivity contribution is -0.114. The fourth-order valence-electron chi connectivity index (χ4n) is 5.33. The monoisotopic (exact) mass is 497 g/mol. The van der Waals surface area contributed by atoms with E-state index in [1.54, 1.807) is 14.2 Å². The smallest absolute Gasteiger partial charge is 0.273 e. The number of nitrogens with zero attached hydrogens (tertiary/aromatic N) is 2. The van der Waals surface area contributed by atoms with Gasteiger partial charge in [-0.2, -0.15) is 0 Å². The molecule has 0 bridgehead atoms. The summed E-state index contributed by atoms with van der Waals surface area (Å²) in [5, 5.41) is 10.8. The van der Waals surface area contributed by atoms with Gasteiger partial charge in [-0.05, 0) is 47.6 Å². The van der Waals surface area contributed by atoms with Gasteiger partial charge in [-0.3, -0.25) is 4.79 Å². The van der Waals surface area contributed by atoms with Crippen LogP contribution in [0, 0.1) is 0 Å². The van der Waals surface area contributed by atoms with Gasteiger partial charge in [0.25, 0.3) is 5.91 Å². The van der Waals surface area contributed by atoms with E-state index in [0.29, 0.717) is 17.9 Å². The number of carbonyl (C=O) groups is 1. The number of rotatable bonds is 8. The lowest BCUT2D eigenvalue weighted by Crippen LogP contribution is -2.32. The first-order valence-corrected chi connectivity index (χ1v) is 12.5. The summed E-state index contributed by atoms with van der Waals surface area (Å²) in [7, 11) is 4.73. The van der Waals surface area contributed by atoms with E-state index in [1.165, 1.54) is 23.8 Å². The number of fused-ring (bicyclic) bond motifs is 1. The number of amides is 1. The molecule has 3 aromatic carbocycles. The van der Waals surface area contributed by atoms with E-state index in [-0.39, 0.29) is 17.7 Å². The van der Waals surface area contributed by atoms with Crippen LogP contribution in [0.2, 0.25) is 0 Å². The molecule has 1 amide bonds. The summed E-state index contributed by atoms with van der Waals surface area (Å²) in [6, 6.07) is 22.7. The topological polar surface area (TPSA) is 81.5 Å². The van der Waals surface area contributed by atoms with E-state index < -0.39 is 0 Å². The lowest BCUT2D eigenvalue weighted by Gasteiger charge is -2.28. The first kappa shape index (κ1) is 24.6. The number of nitrogens with one attached hydrogen (secondary N) is 1. The van der Waals surface area contributed by atoms with Crippen LogP contribution in [-0.4, -0.2) is 38.6 Å². The van der Waals surface area contributed by atoms with Gasteiger partial charge in [0.2, 0.25) is 0 Å². The largest absolute Gasteiger partial charge is 0.496 e. The van der Waals surface area contributed by atoms with Crippen LogP contribution < -0.4 is 10.1 Å². The highest BCUT2D eigenvalue weighted by Crippen LogP contribution is 2.40. The summed E-state index contributed by atoms with van der Waals surface area (Å²) in [5.74, 6) is 1.04. The van der Waals surface area contributed by atoms with E-state index in [2.05, 4.69) is 58.1 Å². The number of oxime groups is 2. The van der Waals surface area contributed by atoms with Crippen LogP contribution in [0.15, 0.2) is 77.0 Å². The molecule has 1 heterocycles. The normalized spacial score (nSPS) is 18.6. The van der Waals surface area contributed by atoms with Crippen molar-refractivity contribution in [3.05, 3.63) is 100 Å². The van der Waals surface area contributed by atoms with Crippen LogP contribution in [-0.2, 0) is 27.3 Å². The van der Waals surface area contributed by atoms with Gasteiger partial charge in [0.15, 0.2) is 11.8 Å². The van der Waals surface area contributed by atoms with Crippen molar-refractivity contribution < 1.29 is 19.2 Å². The number of methoxy groups -OCH3 is 1. The Morgan fingerprint density at radius 2 is 1.84 bits per heavy atom. The van der Waals surface area contributed by atoms with Crippen molar-refractivity contribution in [2.45, 2.75) is 37.7 Å². The molecular formula is C30H31N3O4. The highest BCUT2D eigenvalue weighted by atomic mass is 16.7. The quantitative estimate of drug-likeness (QED) is 0.353. The van der Waals surface area contributed by atoms with Crippen molar-refractivity contribution in [3.63, 3.8) is 0 Å². The van der Waals surface area contributed by atoms with Crippen LogP contribution in [0.25, 0.3) is 0 Å². The molecule has 0 saturated carbocycles. The molecule has 0 spiro atoms. The van der Waals surface area contributed by atoms with E-state index in [4.69, 9.17) is 14.4 Å². The Kier molecular flexibility index (Phi) is 7.21. The van der Waals surface area contributed by atoms with Gasteiger partial charge in [0.1, 0.15) is 18.6 Å². The minimum atomic E-state index is -0.347. The number of likely N-dealkylation sites (N-methyl/N-ethyl adjacent to an activating group) is 1. The van der Waals surface area contributed by atoms with Gasteiger partial charge >= 0.3 is 0 Å². The minimum absolute atomic E-state index is 0.198. The second-order valence-corrected chi connectivity index (χ2v) is 9.25. The third-order valence-electron chi connectivity index (χ3n) is 7.15. The van der Waals surface area contributed by atoms with E-state index in [9.17, 15) is 4.79 Å². The van der Waals surface area contributed by atoms with E-state index >= 15 is 0 Å². The highest BCUT2D eigenvalue weighted by molar-refractivity contribution is 6.45. The summed E-state index contributed by atoms with van der Waals surface area (Å²) < 4.78 is 5.62. The molecule has 3 aromatic rings. The zero-order valence-corrected chi connectivity index (χ0v) is 21.4. The van der Waals surface area contributed by atoms with Crippen molar-refractivity contribution in [3.8, 4) is 5.75 Å². The summed E-state index contributed by atoms with van der Waals surface area (Å²) in [5.41, 5.74) is 7.77. The predicted octanol–water partition coefficient (Wildman–Crippen LogP) is 4.93. The summed E-state index contributed by atoms with van der Waals surface area (Å²) >= 11 is 0. The molecule has 1 aliphatic carbocycles. The lowest BCUT2D eigenvalue weighted by atomic mass is 9.78. The summed E-state index contributed by atoms with van der Waals surface area (Å²) in [6.45, 7) is 0. The molecule has 2 aliphatic rings. The molecule has 1 N–H and O–H groups in total. The number of carbonyl (C=O) groups excluding carboxylic acids is 1. The van der Waals surface area contributed by atoms with Gasteiger partial charge in [-0.15, -0.1) is 0 Å². The average Bonchev–Trinajstić information content (AvgIpc) is 2.93. The number of hydrogen-bond donors (Lipinski definition) is 1. The fourth-order valence-corrected chi connectivity index (χ4v) is 5.33. The van der Waals surface area contributed by atoms with Gasteiger partial charge < -0.3 is 19.7 Å². The fraction of sp³-hybridized carbons (Fsp3) is 0.300. The Hall–Kier alpha value is -4.13. The maximum Gasteiger partial charge on any atom is 0.273 e. The third-order valence-corrected chi connectivity index (χ3v) is 7.15. The molecule has 37 heavy (non-hydrogen) atoms. The molecule has 5 rings (SSSR count). The molecule has 190 valence electrons. The number of ether oxygens (including phenoxy) is 1. The van der Waals surface area contributed by atoms with Crippen molar-refractivity contribution >= 4 is 17.3 Å². The second-order valence-electron chi connectivity index (χ2n) is 9.25. The van der Waals surface area contributed by atoms with Gasteiger partial charge in [0.05, 0.1) is 7.11 Å². The molecule has 2 atom stereocenters. The van der Waals surface area contributed by atoms with Crippen molar-refractivity contribution in [1.29, 1.82) is 0 Å². The SMILES string of the molecule is CNC(=O)C(=NOC)c1ccccc1C1ON=C1Cc1ccc(C2CCCc3c(OC)cccc32)cc1. The number of benzene rings is 3. The molecule has 0 fully saturated rings. The van der Waals surface area contributed by atoms with Gasteiger partial charge in [0, 0.05) is 30.5 Å². The van der Waals surface area contributed by atoms with Gasteiger partial charge in [-0.25, -0.2) is 0 Å². The molecular weight excluding hydrogens is 466 g/mol. The first-order chi connectivity index (χ1) is 18.1. The Balaban J connectivity index is 1.34. The Bertz CT molecular complexity index is 1350. The molecule has 1 aliphatic heterocycles. The highest BCUT2D eigenvalue weighted by Gasteiger charge is 2.33. The molecule has 0 saturated heterocycles. The van der Waals surface area contributed by atoms with Crippen LogP contribution >= 0.6 is 0 Å². The molecule has 2 unspecified atom stereocenters. The van der Waals surface area contributed by atoms with Crippen LogP contribution in [0.1, 0.15) is 58.2 Å². The zero-order chi connectivity index (χ0) is 25.8. The van der Waals surface area contributed by atoms with Crippen LogP contribution in [0.4, 0.5) is 0 Å². The summed E-state index contributed by atoms with van der Waals surface area (Å²) in [6.07, 6.45) is 3.66. The van der Waals surface area contributed by atoms with Crippen LogP contribution in [0.3, 0.4) is 0 Å². The predicted molar refractivity (Wildman–Crippen MR) is 143 cm³/mol. The standard InChI is InChI=1S/C30H31N3O4/c1-31-30(34)28(33-36-3)24-8-4-5-9-25(24)29-26(32-37-29)18-19-14-16-20(17-15-19)21-10-6-12-23-22(21)11-7-13-27(23)35-2/h4-5,7-9,11,13-17,21,29H,6,10,12,18H2,1-3H3,(H,31,34). The van der Waals surface area contributed by atoms with Gasteiger partial charge in [-0.1, -0.05) is 71.0 Å². The Morgan fingerprint density at radius 1 is 1.05 bits per heavy atom.